The van der Waals surface area contributed by atoms with Gasteiger partial charge in [-0.2, -0.15) is 5.10 Å². The first kappa shape index (κ1) is 19.2. The fourth-order valence-electron chi connectivity index (χ4n) is 4.73. The van der Waals surface area contributed by atoms with Crippen LogP contribution in [0.5, 0.6) is 0 Å². The Hall–Kier alpha value is -2.73. The van der Waals surface area contributed by atoms with Crippen molar-refractivity contribution in [3.63, 3.8) is 0 Å². The molecule has 0 aromatic carbocycles. The molecule has 4 aromatic rings. The molecule has 1 saturated heterocycles. The number of imidazole rings is 1. The predicted octanol–water partition coefficient (Wildman–Crippen LogP) is 4.49. The molecule has 156 valence electrons. The van der Waals surface area contributed by atoms with E-state index in [2.05, 4.69) is 65.6 Å². The van der Waals surface area contributed by atoms with E-state index >= 15 is 0 Å². The van der Waals surface area contributed by atoms with Gasteiger partial charge in [-0.25, -0.2) is 14.6 Å². The number of likely N-dealkylation sites (tertiary alicyclic amines) is 1. The lowest BCUT2D eigenvalue weighted by Gasteiger charge is -2.32. The lowest BCUT2D eigenvalue weighted by molar-refractivity contribution is 0.196. The van der Waals surface area contributed by atoms with Crippen LogP contribution < -0.4 is 0 Å². The smallest absolute Gasteiger partial charge is 0.157 e. The van der Waals surface area contributed by atoms with Gasteiger partial charge < -0.3 is 4.40 Å². The Morgan fingerprint density at radius 3 is 2.90 bits per heavy atom. The Bertz CT molecular complexity index is 1190. The summed E-state index contributed by atoms with van der Waals surface area (Å²) < 4.78 is 4.29. The number of hydrogen-bond acceptors (Lipinski definition) is 4. The number of fused-ring (bicyclic) bond motifs is 2. The molecule has 4 aromatic heterocycles. The highest BCUT2D eigenvalue weighted by atomic mass is 15.3. The molecule has 0 saturated carbocycles. The van der Waals surface area contributed by atoms with E-state index in [1.165, 1.54) is 29.8 Å². The molecule has 5 rings (SSSR count). The number of hydrogen-bond donors (Lipinski definition) is 0. The zero-order valence-electron chi connectivity index (χ0n) is 18.2. The minimum atomic E-state index is 0.467. The van der Waals surface area contributed by atoms with Crippen molar-refractivity contribution in [3.8, 4) is 0 Å². The normalized spacial score (nSPS) is 17.9. The van der Waals surface area contributed by atoms with Crippen LogP contribution in [0.25, 0.3) is 16.7 Å². The Balaban J connectivity index is 1.38. The molecule has 0 unspecified atom stereocenters. The first-order valence-electron chi connectivity index (χ1n) is 11.1. The maximum atomic E-state index is 5.04. The van der Waals surface area contributed by atoms with Crippen LogP contribution in [0.1, 0.15) is 54.7 Å². The van der Waals surface area contributed by atoms with Gasteiger partial charge in [0.1, 0.15) is 5.65 Å². The third-order valence-electron chi connectivity index (χ3n) is 6.32. The summed E-state index contributed by atoms with van der Waals surface area (Å²) in [6, 6.07) is 8.72. The van der Waals surface area contributed by atoms with Crippen LogP contribution in [-0.4, -0.2) is 42.1 Å². The molecule has 1 fully saturated rings. The first-order valence-corrected chi connectivity index (χ1v) is 11.1. The molecular formula is C24H30N6. The van der Waals surface area contributed by atoms with E-state index in [-0.39, 0.29) is 0 Å². The topological polar surface area (TPSA) is 51.2 Å². The van der Waals surface area contributed by atoms with Gasteiger partial charge >= 0.3 is 0 Å². The lowest BCUT2D eigenvalue weighted by Crippen LogP contribution is -2.34. The van der Waals surface area contributed by atoms with Gasteiger partial charge in [-0.3, -0.25) is 4.90 Å². The van der Waals surface area contributed by atoms with Crippen LogP contribution in [0.2, 0.25) is 0 Å². The number of aromatic nitrogens is 5. The molecule has 0 spiro atoms. The molecule has 0 aliphatic carbocycles. The molecule has 30 heavy (non-hydrogen) atoms. The van der Waals surface area contributed by atoms with E-state index in [4.69, 9.17) is 9.97 Å². The fourth-order valence-corrected chi connectivity index (χ4v) is 4.73. The molecule has 0 N–H and O–H groups in total. The van der Waals surface area contributed by atoms with Crippen LogP contribution >= 0.6 is 0 Å². The van der Waals surface area contributed by atoms with Crippen molar-refractivity contribution in [1.82, 2.24) is 29.0 Å². The molecule has 6 heteroatoms. The predicted molar refractivity (Wildman–Crippen MR) is 120 cm³/mol. The molecule has 1 aliphatic heterocycles. The molecule has 1 aliphatic rings. The minimum Gasteiger partial charge on any atom is -0.302 e. The highest BCUT2D eigenvalue weighted by Crippen LogP contribution is 2.28. The van der Waals surface area contributed by atoms with Gasteiger partial charge in [0.2, 0.25) is 0 Å². The average molecular weight is 403 g/mol. The van der Waals surface area contributed by atoms with Crippen molar-refractivity contribution >= 4 is 16.7 Å². The third-order valence-corrected chi connectivity index (χ3v) is 6.32. The summed E-state index contributed by atoms with van der Waals surface area (Å²) in [5.41, 5.74) is 6.96. The summed E-state index contributed by atoms with van der Waals surface area (Å²) in [6.07, 6.45) is 7.56. The largest absolute Gasteiger partial charge is 0.302 e. The van der Waals surface area contributed by atoms with Crippen LogP contribution in [0.4, 0.5) is 0 Å². The quantitative estimate of drug-likeness (QED) is 0.494. The zero-order valence-corrected chi connectivity index (χ0v) is 18.2. The molecule has 1 atom stereocenters. The van der Waals surface area contributed by atoms with E-state index in [1.807, 2.05) is 10.9 Å². The summed E-state index contributed by atoms with van der Waals surface area (Å²) in [6.45, 7) is 10.5. The van der Waals surface area contributed by atoms with Gasteiger partial charge in [-0.15, -0.1) is 0 Å². The summed E-state index contributed by atoms with van der Waals surface area (Å²) >= 11 is 0. The summed E-state index contributed by atoms with van der Waals surface area (Å²) in [4.78, 5) is 12.4. The number of pyridine rings is 2. The summed E-state index contributed by atoms with van der Waals surface area (Å²) in [7, 11) is 0. The second-order valence-corrected chi connectivity index (χ2v) is 8.67. The van der Waals surface area contributed by atoms with Gasteiger partial charge in [0.25, 0.3) is 0 Å². The van der Waals surface area contributed by atoms with Crippen LogP contribution in [0.3, 0.4) is 0 Å². The average Bonchev–Trinajstić information content (AvgIpc) is 3.28. The Morgan fingerprint density at radius 1 is 1.13 bits per heavy atom. The van der Waals surface area contributed by atoms with E-state index in [0.29, 0.717) is 5.92 Å². The molecule has 0 amide bonds. The van der Waals surface area contributed by atoms with Crippen molar-refractivity contribution in [1.29, 1.82) is 0 Å². The number of piperidine rings is 1. The molecule has 5 heterocycles. The van der Waals surface area contributed by atoms with Gasteiger partial charge in [0.05, 0.1) is 17.6 Å². The van der Waals surface area contributed by atoms with Gasteiger partial charge in [0.15, 0.2) is 5.65 Å². The van der Waals surface area contributed by atoms with Gasteiger partial charge in [-0.1, -0.05) is 6.92 Å². The SMILES string of the molecule is CCCn1ncc2ccc([C@H]3CCCN(Cc4c(C)nc5cc(C)ccn45)C3)nc21. The summed E-state index contributed by atoms with van der Waals surface area (Å²) in [5.74, 6) is 0.467. The molecule has 6 nitrogen and oxygen atoms in total. The van der Waals surface area contributed by atoms with Crippen molar-refractivity contribution in [2.24, 2.45) is 0 Å². The van der Waals surface area contributed by atoms with E-state index < -0.39 is 0 Å². The fraction of sp³-hybridized carbons (Fsp3) is 0.458. The third kappa shape index (κ3) is 3.49. The highest BCUT2D eigenvalue weighted by molar-refractivity contribution is 5.74. The van der Waals surface area contributed by atoms with Gasteiger partial charge in [0, 0.05) is 42.8 Å². The Kier molecular flexibility index (Phi) is 5.03. The molecule has 0 bridgehead atoms. The van der Waals surface area contributed by atoms with E-state index in [0.717, 1.165) is 55.0 Å². The lowest BCUT2D eigenvalue weighted by atomic mass is 9.94. The number of nitrogens with zero attached hydrogens (tertiary/aromatic N) is 6. The minimum absolute atomic E-state index is 0.467. The maximum absolute atomic E-state index is 5.04. The highest BCUT2D eigenvalue weighted by Gasteiger charge is 2.24. The van der Waals surface area contributed by atoms with Crippen LogP contribution in [0, 0.1) is 13.8 Å². The Labute approximate surface area is 177 Å². The zero-order chi connectivity index (χ0) is 20.7. The number of rotatable bonds is 5. The second-order valence-electron chi connectivity index (χ2n) is 8.67. The Morgan fingerprint density at radius 2 is 2.03 bits per heavy atom. The van der Waals surface area contributed by atoms with Crippen molar-refractivity contribution in [2.75, 3.05) is 13.1 Å². The summed E-state index contributed by atoms with van der Waals surface area (Å²) in [5, 5.41) is 5.65. The molecule has 0 radical (unpaired) electrons. The van der Waals surface area contributed by atoms with Crippen LogP contribution in [-0.2, 0) is 13.1 Å². The van der Waals surface area contributed by atoms with E-state index in [1.54, 1.807) is 0 Å². The second kappa shape index (κ2) is 7.84. The van der Waals surface area contributed by atoms with Crippen LogP contribution in [0.15, 0.2) is 36.7 Å². The van der Waals surface area contributed by atoms with Gasteiger partial charge in [-0.05, 0) is 69.5 Å². The monoisotopic (exact) mass is 402 g/mol. The van der Waals surface area contributed by atoms with Crippen molar-refractivity contribution in [3.05, 3.63) is 59.3 Å². The standard InChI is InChI=1S/C24H30N6/c1-4-10-30-24-19(14-25-30)7-8-21(27-24)20-6-5-11-28(15-20)16-22-18(3)26-23-13-17(2)9-12-29(22)23/h7-9,12-14,20H,4-6,10-11,15-16H2,1-3H3/t20-/m0/s1. The number of aryl methyl sites for hydroxylation is 3. The molecular weight excluding hydrogens is 372 g/mol. The maximum Gasteiger partial charge on any atom is 0.157 e. The first-order chi connectivity index (χ1) is 14.6. The van der Waals surface area contributed by atoms with Crippen molar-refractivity contribution in [2.45, 2.75) is 59.0 Å². The van der Waals surface area contributed by atoms with E-state index in [9.17, 15) is 0 Å². The van der Waals surface area contributed by atoms with Crippen molar-refractivity contribution < 1.29 is 0 Å².